The highest BCUT2D eigenvalue weighted by molar-refractivity contribution is 7.90. The summed E-state index contributed by atoms with van der Waals surface area (Å²) >= 11 is 0. The van der Waals surface area contributed by atoms with E-state index in [1.54, 1.807) is 6.92 Å². The Balaban J connectivity index is 2.24. The Hall–Kier alpha value is -1.96. The molecular formula is C13H15FN2O4S. The van der Waals surface area contributed by atoms with Crippen LogP contribution in [0, 0.1) is 5.82 Å². The largest absolute Gasteiger partial charge is 0.332 e. The van der Waals surface area contributed by atoms with Crippen molar-refractivity contribution in [2.24, 2.45) is 0 Å². The second-order valence-electron chi connectivity index (χ2n) is 4.92. The maximum Gasteiger partial charge on any atom is 0.332 e. The minimum absolute atomic E-state index is 0.182. The molecule has 0 aliphatic carbocycles. The second-order valence-corrected chi connectivity index (χ2v) is 7.18. The van der Waals surface area contributed by atoms with Gasteiger partial charge in [0.2, 0.25) is 0 Å². The Morgan fingerprint density at radius 2 is 1.76 bits per heavy atom. The van der Waals surface area contributed by atoms with Crippen molar-refractivity contribution < 1.29 is 22.4 Å². The third kappa shape index (κ3) is 3.21. The number of nitrogens with zero attached hydrogens (tertiary/aromatic N) is 2. The number of hydrogen-bond donors (Lipinski definition) is 0. The van der Waals surface area contributed by atoms with Gasteiger partial charge >= 0.3 is 6.03 Å². The highest BCUT2D eigenvalue weighted by Gasteiger charge is 2.43. The number of hydrogen-bond acceptors (Lipinski definition) is 4. The smallest absolute Gasteiger partial charge is 0.282 e. The van der Waals surface area contributed by atoms with Gasteiger partial charge in [0.25, 0.3) is 5.91 Å². The topological polar surface area (TPSA) is 74.8 Å². The molecule has 1 heterocycles. The molecule has 8 heteroatoms. The van der Waals surface area contributed by atoms with E-state index in [1.807, 2.05) is 0 Å². The number of carbonyl (C=O) groups is 2. The number of carbonyl (C=O) groups excluding carboxylic acids is 2. The molecule has 0 N–H and O–H groups in total. The summed E-state index contributed by atoms with van der Waals surface area (Å²) < 4.78 is 35.3. The molecule has 1 atom stereocenters. The van der Waals surface area contributed by atoms with Crippen LogP contribution in [0.4, 0.5) is 14.9 Å². The monoisotopic (exact) mass is 314 g/mol. The fourth-order valence-corrected chi connectivity index (χ4v) is 2.64. The number of urea groups is 1. The lowest BCUT2D eigenvalue weighted by atomic mass is 10.2. The van der Waals surface area contributed by atoms with E-state index in [4.69, 9.17) is 0 Å². The van der Waals surface area contributed by atoms with Crippen molar-refractivity contribution in [1.29, 1.82) is 0 Å². The number of amides is 3. The van der Waals surface area contributed by atoms with Gasteiger partial charge in [-0.15, -0.1) is 0 Å². The number of imide groups is 1. The molecule has 0 bridgehead atoms. The van der Waals surface area contributed by atoms with Gasteiger partial charge < -0.3 is 0 Å². The summed E-state index contributed by atoms with van der Waals surface area (Å²) in [4.78, 5) is 26.5. The molecule has 0 saturated carbocycles. The summed E-state index contributed by atoms with van der Waals surface area (Å²) in [5.74, 6) is -1.19. The molecule has 6 nitrogen and oxygen atoms in total. The maximum atomic E-state index is 12.9. The highest BCUT2D eigenvalue weighted by Crippen LogP contribution is 2.25. The Kier molecular flexibility index (Phi) is 3.99. The van der Waals surface area contributed by atoms with Gasteiger partial charge in [0.1, 0.15) is 21.7 Å². The van der Waals surface area contributed by atoms with E-state index in [0.717, 1.165) is 11.2 Å². The van der Waals surface area contributed by atoms with Crippen molar-refractivity contribution in [1.82, 2.24) is 4.90 Å². The zero-order chi connectivity index (χ0) is 15.8. The maximum absolute atomic E-state index is 12.9. The van der Waals surface area contributed by atoms with Crippen LogP contribution in [0.2, 0.25) is 0 Å². The first-order chi connectivity index (χ1) is 9.70. The van der Waals surface area contributed by atoms with Crippen molar-refractivity contribution in [3.63, 3.8) is 0 Å². The van der Waals surface area contributed by atoms with Crippen molar-refractivity contribution in [3.05, 3.63) is 30.1 Å². The van der Waals surface area contributed by atoms with E-state index >= 15 is 0 Å². The van der Waals surface area contributed by atoms with Gasteiger partial charge in [0, 0.05) is 18.5 Å². The van der Waals surface area contributed by atoms with Crippen LogP contribution in [0.25, 0.3) is 0 Å². The Labute approximate surface area is 122 Å². The molecule has 0 unspecified atom stereocenters. The minimum atomic E-state index is -3.28. The molecule has 0 radical (unpaired) electrons. The van der Waals surface area contributed by atoms with Gasteiger partial charge in [-0.25, -0.2) is 17.6 Å². The fraction of sp³-hybridized carbons (Fsp3) is 0.385. The number of anilines is 1. The van der Waals surface area contributed by atoms with Crippen LogP contribution in [0.15, 0.2) is 24.3 Å². The molecule has 0 spiro atoms. The van der Waals surface area contributed by atoms with Crippen molar-refractivity contribution in [2.45, 2.75) is 13.0 Å². The molecule has 3 amide bonds. The van der Waals surface area contributed by atoms with E-state index < -0.39 is 33.6 Å². The van der Waals surface area contributed by atoms with Gasteiger partial charge in [0.15, 0.2) is 0 Å². The number of benzene rings is 1. The van der Waals surface area contributed by atoms with Gasteiger partial charge in [0.05, 0.1) is 5.75 Å². The summed E-state index contributed by atoms with van der Waals surface area (Å²) in [6.07, 6.45) is 1.04. The Morgan fingerprint density at radius 1 is 1.19 bits per heavy atom. The molecule has 114 valence electrons. The second kappa shape index (κ2) is 5.44. The first-order valence-corrected chi connectivity index (χ1v) is 8.34. The van der Waals surface area contributed by atoms with Gasteiger partial charge in [-0.3, -0.25) is 14.6 Å². The molecule has 2 rings (SSSR count). The van der Waals surface area contributed by atoms with Crippen LogP contribution in [0.1, 0.15) is 6.92 Å². The zero-order valence-electron chi connectivity index (χ0n) is 11.6. The highest BCUT2D eigenvalue weighted by atomic mass is 32.2. The third-order valence-electron chi connectivity index (χ3n) is 3.24. The summed E-state index contributed by atoms with van der Waals surface area (Å²) in [6.45, 7) is 1.36. The Morgan fingerprint density at radius 3 is 2.29 bits per heavy atom. The summed E-state index contributed by atoms with van der Waals surface area (Å²) in [5, 5.41) is 0. The zero-order valence-corrected chi connectivity index (χ0v) is 12.4. The van der Waals surface area contributed by atoms with Gasteiger partial charge in [-0.2, -0.15) is 0 Å². The summed E-state index contributed by atoms with van der Waals surface area (Å²) in [6, 6.07) is 3.84. The standard InChI is InChI=1S/C13H15FN2O4S/c1-9-12(17)15(7-8-21(2,19)20)13(18)16(9)11-5-3-10(14)4-6-11/h3-6,9H,7-8H2,1-2H3/t9-/m1/s1. The molecule has 1 fully saturated rings. The number of rotatable bonds is 4. The molecule has 1 aliphatic heterocycles. The predicted octanol–water partition coefficient (Wildman–Crippen LogP) is 1.03. The summed E-state index contributed by atoms with van der Waals surface area (Å²) in [7, 11) is -3.28. The van der Waals surface area contributed by atoms with Crippen LogP contribution < -0.4 is 4.90 Å². The van der Waals surface area contributed by atoms with Gasteiger partial charge in [-0.05, 0) is 31.2 Å². The average molecular weight is 314 g/mol. The quantitative estimate of drug-likeness (QED) is 0.778. The fourth-order valence-electron chi connectivity index (χ4n) is 2.12. The van der Waals surface area contributed by atoms with E-state index in [-0.39, 0.29) is 12.3 Å². The van der Waals surface area contributed by atoms with Crippen molar-refractivity contribution >= 4 is 27.5 Å². The molecule has 1 saturated heterocycles. The molecule has 0 aromatic heterocycles. The van der Waals surface area contributed by atoms with E-state index in [2.05, 4.69) is 0 Å². The first-order valence-electron chi connectivity index (χ1n) is 6.28. The van der Waals surface area contributed by atoms with Crippen LogP contribution in [0.3, 0.4) is 0 Å². The van der Waals surface area contributed by atoms with E-state index in [0.29, 0.717) is 5.69 Å². The lowest BCUT2D eigenvalue weighted by molar-refractivity contribution is -0.126. The molecule has 21 heavy (non-hydrogen) atoms. The molecule has 1 aromatic rings. The predicted molar refractivity (Wildman–Crippen MR) is 75.2 cm³/mol. The summed E-state index contributed by atoms with van der Waals surface area (Å²) in [5.41, 5.74) is 0.393. The Bertz CT molecular complexity index is 672. The SMILES string of the molecule is C[C@@H]1C(=O)N(CCS(C)(=O)=O)C(=O)N1c1ccc(F)cc1. The third-order valence-corrected chi connectivity index (χ3v) is 4.16. The van der Waals surface area contributed by atoms with E-state index in [1.165, 1.54) is 29.2 Å². The van der Waals surface area contributed by atoms with Crippen molar-refractivity contribution in [3.8, 4) is 0 Å². The molecular weight excluding hydrogens is 299 g/mol. The van der Waals surface area contributed by atoms with Crippen LogP contribution in [-0.4, -0.2) is 49.9 Å². The number of halogens is 1. The van der Waals surface area contributed by atoms with Gasteiger partial charge in [-0.1, -0.05) is 0 Å². The number of sulfone groups is 1. The van der Waals surface area contributed by atoms with Crippen LogP contribution in [-0.2, 0) is 14.6 Å². The lowest BCUT2D eigenvalue weighted by Crippen LogP contribution is -2.36. The molecule has 1 aromatic carbocycles. The van der Waals surface area contributed by atoms with E-state index in [9.17, 15) is 22.4 Å². The minimum Gasteiger partial charge on any atom is -0.282 e. The lowest BCUT2D eigenvalue weighted by Gasteiger charge is -2.19. The molecule has 1 aliphatic rings. The first kappa shape index (κ1) is 15.4. The normalized spacial score (nSPS) is 19.5. The average Bonchev–Trinajstić information content (AvgIpc) is 2.59. The van der Waals surface area contributed by atoms with Crippen molar-refractivity contribution in [2.75, 3.05) is 23.5 Å². The van der Waals surface area contributed by atoms with Crippen LogP contribution >= 0.6 is 0 Å². The van der Waals surface area contributed by atoms with Crippen LogP contribution in [0.5, 0.6) is 0 Å².